The van der Waals surface area contributed by atoms with Crippen LogP contribution >= 0.6 is 11.8 Å². The fraction of sp³-hybridized carbons (Fsp3) is 0.444. The monoisotopic (exact) mass is 227 g/mol. The molecule has 6 heteroatoms. The lowest BCUT2D eigenvalue weighted by molar-refractivity contribution is -0.385. The summed E-state index contributed by atoms with van der Waals surface area (Å²) in [4.78, 5) is 16.0. The van der Waals surface area contributed by atoms with Crippen LogP contribution in [0.15, 0.2) is 23.4 Å². The zero-order valence-electron chi connectivity index (χ0n) is 8.71. The van der Waals surface area contributed by atoms with Gasteiger partial charge in [-0.15, -0.1) is 11.8 Å². The molecule has 0 atom stereocenters. The number of rotatable bonds is 5. The van der Waals surface area contributed by atoms with Crippen LogP contribution in [0.3, 0.4) is 0 Å². The second kappa shape index (κ2) is 5.67. The van der Waals surface area contributed by atoms with Gasteiger partial charge in [-0.1, -0.05) is 0 Å². The van der Waals surface area contributed by atoms with Crippen molar-refractivity contribution in [2.24, 2.45) is 0 Å². The number of nitro groups is 1. The molecule has 1 rings (SSSR count). The maximum Gasteiger partial charge on any atom is 0.287 e. The Morgan fingerprint density at radius 2 is 2.27 bits per heavy atom. The van der Waals surface area contributed by atoms with Crippen LogP contribution in [0.25, 0.3) is 0 Å². The molecule has 0 aromatic carbocycles. The van der Waals surface area contributed by atoms with E-state index in [-0.39, 0.29) is 5.69 Å². The Labute approximate surface area is 92.6 Å². The Kier molecular flexibility index (Phi) is 4.51. The largest absolute Gasteiger partial charge is 0.309 e. The third-order valence-corrected chi connectivity index (χ3v) is 2.64. The van der Waals surface area contributed by atoms with Gasteiger partial charge in [-0.25, -0.2) is 4.98 Å². The molecule has 0 aliphatic rings. The smallest absolute Gasteiger partial charge is 0.287 e. The first kappa shape index (κ1) is 11.9. The molecule has 0 radical (unpaired) electrons. The first-order valence-corrected chi connectivity index (χ1v) is 5.46. The van der Waals surface area contributed by atoms with Gasteiger partial charge in [-0.2, -0.15) is 0 Å². The fourth-order valence-electron chi connectivity index (χ4n) is 0.899. The molecule has 0 saturated carbocycles. The van der Waals surface area contributed by atoms with E-state index in [0.29, 0.717) is 0 Å². The van der Waals surface area contributed by atoms with Gasteiger partial charge in [0.1, 0.15) is 6.20 Å². The van der Waals surface area contributed by atoms with Crippen LogP contribution in [0.2, 0.25) is 0 Å². The SMILES string of the molecule is CN(C)CCSc1ccc([N+](=O)[O-])cn1. The molecule has 15 heavy (non-hydrogen) atoms. The molecule has 0 amide bonds. The molecule has 0 aliphatic heterocycles. The quantitative estimate of drug-likeness (QED) is 0.435. The van der Waals surface area contributed by atoms with E-state index in [4.69, 9.17) is 0 Å². The van der Waals surface area contributed by atoms with Crippen molar-refractivity contribution < 1.29 is 4.92 Å². The first-order chi connectivity index (χ1) is 7.09. The molecule has 0 aliphatic carbocycles. The summed E-state index contributed by atoms with van der Waals surface area (Å²) >= 11 is 1.59. The highest BCUT2D eigenvalue weighted by Crippen LogP contribution is 2.17. The lowest BCUT2D eigenvalue weighted by Gasteiger charge is -2.07. The highest BCUT2D eigenvalue weighted by molar-refractivity contribution is 7.99. The van der Waals surface area contributed by atoms with E-state index in [9.17, 15) is 10.1 Å². The third-order valence-electron chi connectivity index (χ3n) is 1.72. The Hall–Kier alpha value is -1.14. The molecule has 1 aromatic rings. The minimum Gasteiger partial charge on any atom is -0.309 e. The molecule has 82 valence electrons. The van der Waals surface area contributed by atoms with Crippen LogP contribution in [-0.2, 0) is 0 Å². The standard InChI is InChI=1S/C9H13N3O2S/c1-11(2)5-6-15-9-4-3-8(7-10-9)12(13)14/h3-4,7H,5-6H2,1-2H3. The number of pyridine rings is 1. The summed E-state index contributed by atoms with van der Waals surface area (Å²) in [6.45, 7) is 0.962. The van der Waals surface area contributed by atoms with E-state index >= 15 is 0 Å². The third kappa shape index (κ3) is 4.26. The van der Waals surface area contributed by atoms with Crippen molar-refractivity contribution in [2.45, 2.75) is 5.03 Å². The topological polar surface area (TPSA) is 59.3 Å². The Morgan fingerprint density at radius 3 is 2.73 bits per heavy atom. The molecule has 0 N–H and O–H groups in total. The van der Waals surface area contributed by atoms with Crippen molar-refractivity contribution in [2.75, 3.05) is 26.4 Å². The molecule has 0 bridgehead atoms. The number of thioether (sulfide) groups is 1. The Balaban J connectivity index is 2.46. The molecule has 0 saturated heterocycles. The van der Waals surface area contributed by atoms with Crippen molar-refractivity contribution in [3.05, 3.63) is 28.4 Å². The zero-order valence-corrected chi connectivity index (χ0v) is 9.53. The van der Waals surface area contributed by atoms with Gasteiger partial charge >= 0.3 is 0 Å². The van der Waals surface area contributed by atoms with Gasteiger partial charge in [-0.05, 0) is 20.2 Å². The van der Waals surface area contributed by atoms with Gasteiger partial charge in [0, 0.05) is 18.4 Å². The summed E-state index contributed by atoms with van der Waals surface area (Å²) in [7, 11) is 4.01. The summed E-state index contributed by atoms with van der Waals surface area (Å²) < 4.78 is 0. The van der Waals surface area contributed by atoms with E-state index in [2.05, 4.69) is 9.88 Å². The molecular weight excluding hydrogens is 214 g/mol. The van der Waals surface area contributed by atoms with Crippen LogP contribution in [0.5, 0.6) is 0 Å². The summed E-state index contributed by atoms with van der Waals surface area (Å²) in [5.74, 6) is 0.928. The van der Waals surface area contributed by atoms with Crippen molar-refractivity contribution in [3.63, 3.8) is 0 Å². The Bertz CT molecular complexity index is 327. The predicted octanol–water partition coefficient (Wildman–Crippen LogP) is 1.64. The zero-order chi connectivity index (χ0) is 11.3. The van der Waals surface area contributed by atoms with Crippen LogP contribution in [-0.4, -0.2) is 41.2 Å². The molecule has 5 nitrogen and oxygen atoms in total. The van der Waals surface area contributed by atoms with Crippen LogP contribution < -0.4 is 0 Å². The maximum absolute atomic E-state index is 10.4. The van der Waals surface area contributed by atoms with Crippen molar-refractivity contribution >= 4 is 17.4 Å². The minimum atomic E-state index is -0.443. The summed E-state index contributed by atoms with van der Waals surface area (Å²) in [5, 5.41) is 11.2. The average molecular weight is 227 g/mol. The van der Waals surface area contributed by atoms with Crippen LogP contribution in [0, 0.1) is 10.1 Å². The summed E-state index contributed by atoms with van der Waals surface area (Å²) in [6, 6.07) is 3.16. The van der Waals surface area contributed by atoms with Crippen molar-refractivity contribution in [1.82, 2.24) is 9.88 Å². The molecule has 1 heterocycles. The van der Waals surface area contributed by atoms with Crippen molar-refractivity contribution in [3.8, 4) is 0 Å². The van der Waals surface area contributed by atoms with Gasteiger partial charge in [0.2, 0.25) is 0 Å². The van der Waals surface area contributed by atoms with Gasteiger partial charge in [0.25, 0.3) is 5.69 Å². The van der Waals surface area contributed by atoms with E-state index in [1.54, 1.807) is 17.8 Å². The molecule has 1 aromatic heterocycles. The normalized spacial score (nSPS) is 10.6. The second-order valence-corrected chi connectivity index (χ2v) is 4.38. The lowest BCUT2D eigenvalue weighted by atomic mass is 10.4. The average Bonchev–Trinajstić information content (AvgIpc) is 2.18. The summed E-state index contributed by atoms with van der Waals surface area (Å²) in [5.41, 5.74) is 0.0342. The van der Waals surface area contributed by atoms with E-state index in [1.807, 2.05) is 14.1 Å². The number of hydrogen-bond acceptors (Lipinski definition) is 5. The first-order valence-electron chi connectivity index (χ1n) is 4.47. The van der Waals surface area contributed by atoms with E-state index in [1.165, 1.54) is 12.3 Å². The number of aromatic nitrogens is 1. The van der Waals surface area contributed by atoms with E-state index < -0.39 is 4.92 Å². The highest BCUT2D eigenvalue weighted by Gasteiger charge is 2.05. The van der Waals surface area contributed by atoms with Gasteiger partial charge in [0.15, 0.2) is 0 Å². The Morgan fingerprint density at radius 1 is 1.53 bits per heavy atom. The minimum absolute atomic E-state index is 0.0342. The summed E-state index contributed by atoms with van der Waals surface area (Å²) in [6.07, 6.45) is 1.29. The number of nitrogens with zero attached hydrogens (tertiary/aromatic N) is 3. The van der Waals surface area contributed by atoms with Crippen molar-refractivity contribution in [1.29, 1.82) is 0 Å². The maximum atomic E-state index is 10.4. The number of hydrogen-bond donors (Lipinski definition) is 0. The highest BCUT2D eigenvalue weighted by atomic mass is 32.2. The van der Waals surface area contributed by atoms with Gasteiger partial charge in [-0.3, -0.25) is 10.1 Å². The van der Waals surface area contributed by atoms with Gasteiger partial charge in [0.05, 0.1) is 9.95 Å². The molecular formula is C9H13N3O2S. The van der Waals surface area contributed by atoms with Crippen LogP contribution in [0.1, 0.15) is 0 Å². The molecule has 0 unspecified atom stereocenters. The van der Waals surface area contributed by atoms with Crippen LogP contribution in [0.4, 0.5) is 5.69 Å². The fourth-order valence-corrected chi connectivity index (χ4v) is 1.86. The lowest BCUT2D eigenvalue weighted by Crippen LogP contribution is -2.14. The second-order valence-electron chi connectivity index (χ2n) is 3.26. The van der Waals surface area contributed by atoms with Gasteiger partial charge < -0.3 is 4.90 Å². The molecule has 0 spiro atoms. The van der Waals surface area contributed by atoms with E-state index in [0.717, 1.165) is 17.3 Å². The molecule has 0 fully saturated rings. The predicted molar refractivity (Wildman–Crippen MR) is 60.2 cm³/mol.